The highest BCUT2D eigenvalue weighted by Crippen LogP contribution is 2.62. The number of hydrogen-bond acceptors (Lipinski definition) is 4. The lowest BCUT2D eigenvalue weighted by Crippen LogP contribution is -2.49. The van der Waals surface area contributed by atoms with Gasteiger partial charge < -0.3 is 15.1 Å². The molecule has 2 saturated heterocycles. The lowest BCUT2D eigenvalue weighted by Gasteiger charge is -2.44. The van der Waals surface area contributed by atoms with Gasteiger partial charge in [-0.2, -0.15) is 0 Å². The Balaban J connectivity index is 1.54. The van der Waals surface area contributed by atoms with Crippen molar-refractivity contribution in [1.29, 1.82) is 0 Å². The fourth-order valence-electron chi connectivity index (χ4n) is 5.73. The molecule has 1 N–H and O–H groups in total. The molecule has 2 atom stereocenters. The maximum Gasteiger partial charge on any atom is 0.263 e. The molecule has 3 heterocycles. The minimum absolute atomic E-state index is 0.0492. The van der Waals surface area contributed by atoms with Crippen LogP contribution in [0.25, 0.3) is 0 Å². The normalized spacial score (nSPS) is 29.0. The van der Waals surface area contributed by atoms with Crippen molar-refractivity contribution in [2.75, 3.05) is 33.2 Å². The van der Waals surface area contributed by atoms with Crippen LogP contribution in [0.3, 0.4) is 0 Å². The summed E-state index contributed by atoms with van der Waals surface area (Å²) in [6.07, 6.45) is 3.68. The van der Waals surface area contributed by atoms with Crippen molar-refractivity contribution in [2.24, 2.45) is 16.7 Å². The van der Waals surface area contributed by atoms with Gasteiger partial charge in [0, 0.05) is 40.2 Å². The largest absolute Gasteiger partial charge is 0.359 e. The van der Waals surface area contributed by atoms with Crippen LogP contribution in [0.5, 0.6) is 0 Å². The first-order chi connectivity index (χ1) is 12.9. The molecule has 2 aliphatic heterocycles. The first kappa shape index (κ1) is 18.5. The summed E-state index contributed by atoms with van der Waals surface area (Å²) in [5, 5.41) is 4.79. The van der Waals surface area contributed by atoms with Crippen LogP contribution in [0, 0.1) is 16.7 Å². The molecule has 6 nitrogen and oxygen atoms in total. The molecule has 7 heteroatoms. The Morgan fingerprint density at radius 3 is 2.48 bits per heavy atom. The van der Waals surface area contributed by atoms with Gasteiger partial charge in [-0.15, -0.1) is 11.3 Å². The van der Waals surface area contributed by atoms with Crippen molar-refractivity contribution in [3.8, 4) is 0 Å². The third-order valence-corrected chi connectivity index (χ3v) is 8.11. The van der Waals surface area contributed by atoms with E-state index in [0.29, 0.717) is 13.1 Å². The van der Waals surface area contributed by atoms with Crippen LogP contribution in [0.15, 0.2) is 17.5 Å². The molecule has 3 aliphatic rings. The minimum atomic E-state index is -0.458. The molecule has 146 valence electrons. The summed E-state index contributed by atoms with van der Waals surface area (Å²) in [5.41, 5.74) is -0.400. The van der Waals surface area contributed by atoms with Gasteiger partial charge in [-0.1, -0.05) is 6.07 Å². The Kier molecular flexibility index (Phi) is 4.53. The van der Waals surface area contributed by atoms with Gasteiger partial charge in [-0.05, 0) is 48.5 Å². The van der Waals surface area contributed by atoms with Crippen LogP contribution >= 0.6 is 11.3 Å². The van der Waals surface area contributed by atoms with Gasteiger partial charge in [0.2, 0.25) is 11.8 Å². The topological polar surface area (TPSA) is 69.7 Å². The number of thiophene rings is 1. The van der Waals surface area contributed by atoms with Gasteiger partial charge in [0.25, 0.3) is 5.91 Å². The highest BCUT2D eigenvalue weighted by atomic mass is 32.1. The molecule has 1 aromatic heterocycles. The van der Waals surface area contributed by atoms with Crippen LogP contribution in [0.1, 0.15) is 42.3 Å². The molecule has 1 aromatic rings. The van der Waals surface area contributed by atoms with Crippen molar-refractivity contribution < 1.29 is 14.4 Å². The molecule has 3 amide bonds. The first-order valence-electron chi connectivity index (χ1n) is 9.72. The van der Waals surface area contributed by atoms with Gasteiger partial charge >= 0.3 is 0 Å². The number of piperidine rings is 1. The van der Waals surface area contributed by atoms with Crippen molar-refractivity contribution in [3.05, 3.63) is 22.4 Å². The molecular formula is C20H27N3O3S. The fraction of sp³-hybridized carbons (Fsp3) is 0.650. The Morgan fingerprint density at radius 2 is 1.89 bits per heavy atom. The zero-order chi connectivity index (χ0) is 19.2. The predicted octanol–water partition coefficient (Wildman–Crippen LogP) is 1.97. The molecule has 0 radical (unpaired) electrons. The summed E-state index contributed by atoms with van der Waals surface area (Å²) >= 11 is 1.49. The first-order valence-corrected chi connectivity index (χ1v) is 10.6. The molecule has 3 fully saturated rings. The van der Waals surface area contributed by atoms with E-state index in [1.54, 1.807) is 14.0 Å². The fourth-order valence-corrected chi connectivity index (χ4v) is 6.42. The highest BCUT2D eigenvalue weighted by molar-refractivity contribution is 7.12. The number of carbonyl (C=O) groups is 3. The highest BCUT2D eigenvalue weighted by Gasteiger charge is 2.64. The lowest BCUT2D eigenvalue weighted by molar-refractivity contribution is -0.133. The molecule has 1 saturated carbocycles. The number of rotatable bonds is 2. The van der Waals surface area contributed by atoms with Crippen LogP contribution < -0.4 is 5.32 Å². The minimum Gasteiger partial charge on any atom is -0.359 e. The standard InChI is InChI=1S/C20H27N3O3S/c1-14(24)23-12-16-19(5-6-20(16,13-23)18(26)21-2)7-9-22(10-8-19)17(25)15-4-3-11-27-15/h3-4,11,16H,5-10,12-13H2,1-2H3,(H,21,26)/t16-,20+/m0/s1. The Bertz CT molecular complexity index is 755. The van der Waals surface area contributed by atoms with Gasteiger partial charge in [0.1, 0.15) is 0 Å². The number of fused-ring (bicyclic) bond motifs is 2. The van der Waals surface area contributed by atoms with E-state index in [2.05, 4.69) is 5.32 Å². The number of likely N-dealkylation sites (tertiary alicyclic amines) is 2. The number of nitrogens with zero attached hydrogens (tertiary/aromatic N) is 2. The van der Waals surface area contributed by atoms with Crippen molar-refractivity contribution >= 4 is 29.1 Å². The Morgan fingerprint density at radius 1 is 1.15 bits per heavy atom. The van der Waals surface area contributed by atoms with Gasteiger partial charge in [0.05, 0.1) is 10.3 Å². The SMILES string of the molecule is CNC(=O)[C@@]12CCC3(CCN(C(=O)c4cccs4)CC3)[C@@H]1CN(C(C)=O)C2. The summed E-state index contributed by atoms with van der Waals surface area (Å²) in [6, 6.07) is 3.79. The number of amides is 3. The summed E-state index contributed by atoms with van der Waals surface area (Å²) in [5.74, 6) is 0.429. The Labute approximate surface area is 163 Å². The van der Waals surface area contributed by atoms with Crippen molar-refractivity contribution in [3.63, 3.8) is 0 Å². The van der Waals surface area contributed by atoms with E-state index in [-0.39, 0.29) is 29.1 Å². The molecule has 4 rings (SSSR count). The smallest absolute Gasteiger partial charge is 0.263 e. The molecule has 1 spiro atoms. The van der Waals surface area contributed by atoms with E-state index in [1.165, 1.54) is 11.3 Å². The van der Waals surface area contributed by atoms with E-state index in [1.807, 2.05) is 27.3 Å². The van der Waals surface area contributed by atoms with Crippen LogP contribution in [0.2, 0.25) is 0 Å². The summed E-state index contributed by atoms with van der Waals surface area (Å²) in [7, 11) is 1.69. The van der Waals surface area contributed by atoms with Gasteiger partial charge in [0.15, 0.2) is 0 Å². The van der Waals surface area contributed by atoms with Crippen LogP contribution in [0.4, 0.5) is 0 Å². The van der Waals surface area contributed by atoms with Crippen molar-refractivity contribution in [2.45, 2.75) is 32.6 Å². The maximum absolute atomic E-state index is 12.8. The molecular weight excluding hydrogens is 362 g/mol. The van der Waals surface area contributed by atoms with Crippen LogP contribution in [-0.4, -0.2) is 60.7 Å². The third kappa shape index (κ3) is 2.78. The van der Waals surface area contributed by atoms with E-state index in [4.69, 9.17) is 0 Å². The number of nitrogens with one attached hydrogen (secondary N) is 1. The second-order valence-corrected chi connectivity index (χ2v) is 9.27. The zero-order valence-corrected chi connectivity index (χ0v) is 16.8. The Hall–Kier alpha value is -1.89. The number of carbonyl (C=O) groups excluding carboxylic acids is 3. The number of hydrogen-bond donors (Lipinski definition) is 1. The summed E-state index contributed by atoms with van der Waals surface area (Å²) in [4.78, 5) is 42.1. The lowest BCUT2D eigenvalue weighted by atomic mass is 9.65. The van der Waals surface area contributed by atoms with Gasteiger partial charge in [-0.25, -0.2) is 0 Å². The predicted molar refractivity (Wildman–Crippen MR) is 103 cm³/mol. The van der Waals surface area contributed by atoms with Gasteiger partial charge in [-0.3, -0.25) is 14.4 Å². The average molecular weight is 390 g/mol. The third-order valence-electron chi connectivity index (χ3n) is 7.25. The average Bonchev–Trinajstić information content (AvgIpc) is 3.38. The van der Waals surface area contributed by atoms with E-state index in [0.717, 1.165) is 43.6 Å². The molecule has 1 aliphatic carbocycles. The quantitative estimate of drug-likeness (QED) is 0.841. The summed E-state index contributed by atoms with van der Waals surface area (Å²) in [6.45, 7) is 4.26. The van der Waals surface area contributed by atoms with E-state index >= 15 is 0 Å². The maximum atomic E-state index is 12.8. The van der Waals surface area contributed by atoms with E-state index in [9.17, 15) is 14.4 Å². The van der Waals surface area contributed by atoms with E-state index < -0.39 is 5.41 Å². The molecule has 0 unspecified atom stereocenters. The van der Waals surface area contributed by atoms with Crippen molar-refractivity contribution in [1.82, 2.24) is 15.1 Å². The summed E-state index contributed by atoms with van der Waals surface area (Å²) < 4.78 is 0. The second-order valence-electron chi connectivity index (χ2n) is 8.32. The molecule has 0 aromatic carbocycles. The molecule has 27 heavy (non-hydrogen) atoms. The molecule has 0 bridgehead atoms. The van der Waals surface area contributed by atoms with Crippen LogP contribution in [-0.2, 0) is 9.59 Å². The zero-order valence-electron chi connectivity index (χ0n) is 16.0. The monoisotopic (exact) mass is 389 g/mol. The second kappa shape index (κ2) is 6.62.